The Morgan fingerprint density at radius 1 is 1.33 bits per heavy atom. The molecule has 1 aliphatic heterocycles. The molecule has 2 N–H and O–H groups in total. The van der Waals surface area contributed by atoms with Gasteiger partial charge < -0.3 is 10.6 Å². The van der Waals surface area contributed by atoms with Crippen LogP contribution in [0.25, 0.3) is 0 Å². The Bertz CT molecular complexity index is 403. The topological polar surface area (TPSA) is 46.3 Å². The van der Waals surface area contributed by atoms with Crippen molar-refractivity contribution in [2.24, 2.45) is 5.73 Å². The van der Waals surface area contributed by atoms with Crippen molar-refractivity contribution >= 4 is 28.5 Å². The summed E-state index contributed by atoms with van der Waals surface area (Å²) < 4.78 is 1.15. The van der Waals surface area contributed by atoms with Crippen molar-refractivity contribution in [3.8, 4) is 0 Å². The number of likely N-dealkylation sites (tertiary alicyclic amines) is 1. The van der Waals surface area contributed by atoms with E-state index in [9.17, 15) is 4.79 Å². The van der Waals surface area contributed by atoms with Gasteiger partial charge in [0, 0.05) is 21.7 Å². The number of amides is 1. The Hall–Kier alpha value is -0.620. The number of piperidine rings is 1. The van der Waals surface area contributed by atoms with Crippen LogP contribution in [0.2, 0.25) is 0 Å². The number of nitrogens with zero attached hydrogens (tertiary/aromatic N) is 1. The van der Waals surface area contributed by atoms with Crippen LogP contribution in [0.15, 0.2) is 24.3 Å². The lowest BCUT2D eigenvalue weighted by Crippen LogP contribution is -2.44. The predicted molar refractivity (Wildman–Crippen MR) is 81.5 cm³/mol. The molecule has 4 heteroatoms. The highest BCUT2D eigenvalue weighted by Crippen LogP contribution is 2.22. The highest BCUT2D eigenvalue weighted by molar-refractivity contribution is 14.1. The number of halogens is 1. The summed E-state index contributed by atoms with van der Waals surface area (Å²) in [6.07, 6.45) is 4.32. The minimum Gasteiger partial charge on any atom is -0.336 e. The Morgan fingerprint density at radius 3 is 2.72 bits per heavy atom. The Labute approximate surface area is 122 Å². The number of benzene rings is 1. The van der Waals surface area contributed by atoms with Crippen LogP contribution in [0, 0.1) is 3.57 Å². The fourth-order valence-corrected chi connectivity index (χ4v) is 2.88. The molecule has 1 aromatic carbocycles. The number of carbonyl (C=O) groups excluding carboxylic acids is 1. The van der Waals surface area contributed by atoms with Gasteiger partial charge in [0.25, 0.3) is 5.91 Å². The SMILES string of the molecule is NCCC1CCCCN1C(=O)c1ccc(I)cc1. The normalized spacial score (nSPS) is 19.9. The number of nitrogens with two attached hydrogens (primary N) is 1. The van der Waals surface area contributed by atoms with Gasteiger partial charge in [-0.15, -0.1) is 0 Å². The average molecular weight is 358 g/mol. The smallest absolute Gasteiger partial charge is 0.254 e. The molecule has 0 radical (unpaired) electrons. The second kappa shape index (κ2) is 6.52. The van der Waals surface area contributed by atoms with E-state index in [1.807, 2.05) is 29.2 Å². The van der Waals surface area contributed by atoms with Gasteiger partial charge in [0.05, 0.1) is 0 Å². The van der Waals surface area contributed by atoms with Crippen LogP contribution in [0.4, 0.5) is 0 Å². The molecule has 1 unspecified atom stereocenters. The van der Waals surface area contributed by atoms with Crippen molar-refractivity contribution in [3.63, 3.8) is 0 Å². The fourth-order valence-electron chi connectivity index (χ4n) is 2.52. The van der Waals surface area contributed by atoms with Gasteiger partial charge in [-0.05, 0) is 79.1 Å². The summed E-state index contributed by atoms with van der Waals surface area (Å²) in [6, 6.07) is 8.12. The molecule has 1 aromatic rings. The van der Waals surface area contributed by atoms with Gasteiger partial charge in [-0.1, -0.05) is 0 Å². The number of hydrogen-bond donors (Lipinski definition) is 1. The molecular weight excluding hydrogens is 339 g/mol. The molecule has 1 saturated heterocycles. The van der Waals surface area contributed by atoms with Crippen molar-refractivity contribution < 1.29 is 4.79 Å². The molecule has 0 saturated carbocycles. The van der Waals surface area contributed by atoms with Gasteiger partial charge in [-0.2, -0.15) is 0 Å². The maximum atomic E-state index is 12.5. The quantitative estimate of drug-likeness (QED) is 0.845. The van der Waals surface area contributed by atoms with Crippen molar-refractivity contribution in [1.82, 2.24) is 4.90 Å². The van der Waals surface area contributed by atoms with Crippen LogP contribution in [0.3, 0.4) is 0 Å². The van der Waals surface area contributed by atoms with Gasteiger partial charge >= 0.3 is 0 Å². The number of hydrogen-bond acceptors (Lipinski definition) is 2. The van der Waals surface area contributed by atoms with E-state index in [2.05, 4.69) is 22.6 Å². The van der Waals surface area contributed by atoms with Crippen molar-refractivity contribution in [1.29, 1.82) is 0 Å². The third kappa shape index (κ3) is 3.23. The van der Waals surface area contributed by atoms with Crippen molar-refractivity contribution in [2.75, 3.05) is 13.1 Å². The summed E-state index contributed by atoms with van der Waals surface area (Å²) in [5.74, 6) is 0.157. The Kier molecular flexibility index (Phi) is 5.00. The summed E-state index contributed by atoms with van der Waals surface area (Å²) in [4.78, 5) is 14.5. The van der Waals surface area contributed by atoms with Crippen LogP contribution in [0.5, 0.6) is 0 Å². The van der Waals surface area contributed by atoms with E-state index in [1.165, 1.54) is 6.42 Å². The molecule has 1 heterocycles. The maximum absolute atomic E-state index is 12.5. The molecule has 0 aliphatic carbocycles. The predicted octanol–water partition coefficient (Wildman–Crippen LogP) is 2.63. The van der Waals surface area contributed by atoms with Crippen LogP contribution in [0.1, 0.15) is 36.0 Å². The molecule has 0 aromatic heterocycles. The number of rotatable bonds is 3. The Morgan fingerprint density at radius 2 is 2.06 bits per heavy atom. The van der Waals surface area contributed by atoms with Gasteiger partial charge in [-0.25, -0.2) is 0 Å². The summed E-state index contributed by atoms with van der Waals surface area (Å²) in [5, 5.41) is 0. The second-order valence-electron chi connectivity index (χ2n) is 4.73. The van der Waals surface area contributed by atoms with Gasteiger partial charge in [0.2, 0.25) is 0 Å². The largest absolute Gasteiger partial charge is 0.336 e. The molecule has 1 amide bonds. The first kappa shape index (κ1) is 13.8. The summed E-state index contributed by atoms with van der Waals surface area (Å²) in [5.41, 5.74) is 6.43. The third-order valence-electron chi connectivity index (χ3n) is 3.48. The van der Waals surface area contributed by atoms with Gasteiger partial charge in [0.15, 0.2) is 0 Å². The molecule has 2 rings (SSSR count). The fraction of sp³-hybridized carbons (Fsp3) is 0.500. The summed E-state index contributed by atoms with van der Waals surface area (Å²) in [7, 11) is 0. The zero-order valence-electron chi connectivity index (χ0n) is 10.4. The zero-order chi connectivity index (χ0) is 13.0. The molecule has 1 fully saturated rings. The van der Waals surface area contributed by atoms with E-state index in [0.29, 0.717) is 12.6 Å². The number of carbonyl (C=O) groups is 1. The molecule has 0 spiro atoms. The van der Waals surface area contributed by atoms with Crippen LogP contribution < -0.4 is 5.73 Å². The first-order chi connectivity index (χ1) is 8.72. The lowest BCUT2D eigenvalue weighted by atomic mass is 9.98. The molecule has 18 heavy (non-hydrogen) atoms. The van der Waals surface area contributed by atoms with E-state index >= 15 is 0 Å². The first-order valence-electron chi connectivity index (χ1n) is 6.49. The maximum Gasteiger partial charge on any atom is 0.254 e. The monoisotopic (exact) mass is 358 g/mol. The van der Waals surface area contributed by atoms with E-state index in [4.69, 9.17) is 5.73 Å². The molecule has 3 nitrogen and oxygen atoms in total. The van der Waals surface area contributed by atoms with E-state index in [1.54, 1.807) is 0 Å². The molecule has 1 atom stereocenters. The van der Waals surface area contributed by atoms with E-state index in [0.717, 1.165) is 34.9 Å². The molecule has 1 aliphatic rings. The molecule has 98 valence electrons. The third-order valence-corrected chi connectivity index (χ3v) is 4.20. The van der Waals surface area contributed by atoms with Crippen LogP contribution in [-0.4, -0.2) is 29.9 Å². The average Bonchev–Trinajstić information content (AvgIpc) is 2.40. The van der Waals surface area contributed by atoms with Gasteiger partial charge in [-0.3, -0.25) is 4.79 Å². The van der Waals surface area contributed by atoms with Crippen LogP contribution >= 0.6 is 22.6 Å². The van der Waals surface area contributed by atoms with Gasteiger partial charge in [0.1, 0.15) is 0 Å². The van der Waals surface area contributed by atoms with E-state index < -0.39 is 0 Å². The summed E-state index contributed by atoms with van der Waals surface area (Å²) >= 11 is 2.25. The minimum absolute atomic E-state index is 0.157. The first-order valence-corrected chi connectivity index (χ1v) is 7.57. The standard InChI is InChI=1S/C14H19IN2O/c15-12-6-4-11(5-7-12)14(18)17-10-2-1-3-13(17)8-9-16/h4-7,13H,1-3,8-10,16H2. The minimum atomic E-state index is 0.157. The highest BCUT2D eigenvalue weighted by Gasteiger charge is 2.26. The molecular formula is C14H19IN2O. The lowest BCUT2D eigenvalue weighted by Gasteiger charge is -2.35. The Balaban J connectivity index is 2.12. The summed E-state index contributed by atoms with van der Waals surface area (Å²) in [6.45, 7) is 1.52. The van der Waals surface area contributed by atoms with Crippen LogP contribution in [-0.2, 0) is 0 Å². The van der Waals surface area contributed by atoms with E-state index in [-0.39, 0.29) is 5.91 Å². The van der Waals surface area contributed by atoms with Crippen molar-refractivity contribution in [2.45, 2.75) is 31.7 Å². The van der Waals surface area contributed by atoms with Crippen molar-refractivity contribution in [3.05, 3.63) is 33.4 Å². The lowest BCUT2D eigenvalue weighted by molar-refractivity contribution is 0.0605. The second-order valence-corrected chi connectivity index (χ2v) is 5.98. The zero-order valence-corrected chi connectivity index (χ0v) is 12.6. The molecule has 0 bridgehead atoms. The highest BCUT2D eigenvalue weighted by atomic mass is 127.